The van der Waals surface area contributed by atoms with Crippen molar-refractivity contribution in [2.45, 2.75) is 38.7 Å². The molecular formula is C15H20O3. The minimum Gasteiger partial charge on any atom is -0.497 e. The van der Waals surface area contributed by atoms with Crippen LogP contribution in [0.3, 0.4) is 0 Å². The molecule has 0 saturated heterocycles. The summed E-state index contributed by atoms with van der Waals surface area (Å²) in [6, 6.07) is 7.60. The van der Waals surface area contributed by atoms with E-state index in [9.17, 15) is 4.79 Å². The van der Waals surface area contributed by atoms with Gasteiger partial charge in [-0.3, -0.25) is 4.79 Å². The smallest absolute Gasteiger partial charge is 0.309 e. The minimum atomic E-state index is -0.0366. The van der Waals surface area contributed by atoms with Crippen LogP contribution in [0.15, 0.2) is 24.3 Å². The van der Waals surface area contributed by atoms with Gasteiger partial charge in [0, 0.05) is 0 Å². The summed E-state index contributed by atoms with van der Waals surface area (Å²) in [6.45, 7) is 0.360. The van der Waals surface area contributed by atoms with Gasteiger partial charge in [-0.25, -0.2) is 0 Å². The summed E-state index contributed by atoms with van der Waals surface area (Å²) in [4.78, 5) is 11.8. The van der Waals surface area contributed by atoms with Crippen LogP contribution in [0.1, 0.15) is 37.7 Å². The van der Waals surface area contributed by atoms with Crippen LogP contribution in [0.4, 0.5) is 0 Å². The lowest BCUT2D eigenvalue weighted by molar-refractivity contribution is -0.151. The molecule has 1 aliphatic rings. The predicted octanol–water partition coefficient (Wildman–Crippen LogP) is 3.32. The van der Waals surface area contributed by atoms with E-state index >= 15 is 0 Å². The molecule has 3 nitrogen and oxygen atoms in total. The molecule has 1 aromatic rings. The second-order valence-corrected chi connectivity index (χ2v) is 4.79. The highest BCUT2D eigenvalue weighted by Gasteiger charge is 2.22. The Morgan fingerprint density at radius 3 is 2.44 bits per heavy atom. The largest absolute Gasteiger partial charge is 0.497 e. The van der Waals surface area contributed by atoms with Gasteiger partial charge in [-0.1, -0.05) is 31.4 Å². The third kappa shape index (κ3) is 3.49. The summed E-state index contributed by atoms with van der Waals surface area (Å²) in [7, 11) is 1.64. The van der Waals surface area contributed by atoms with Crippen LogP contribution in [-0.4, -0.2) is 13.1 Å². The maximum atomic E-state index is 11.8. The fourth-order valence-electron chi connectivity index (χ4n) is 2.33. The molecule has 1 saturated carbocycles. The molecule has 1 fully saturated rings. The Morgan fingerprint density at radius 1 is 1.17 bits per heavy atom. The Morgan fingerprint density at radius 2 is 1.83 bits per heavy atom. The van der Waals surface area contributed by atoms with Crippen LogP contribution in [0.25, 0.3) is 0 Å². The summed E-state index contributed by atoms with van der Waals surface area (Å²) >= 11 is 0. The Kier molecular flexibility index (Phi) is 4.62. The number of rotatable bonds is 4. The fourth-order valence-corrected chi connectivity index (χ4v) is 2.33. The molecule has 0 bridgehead atoms. The van der Waals surface area contributed by atoms with Gasteiger partial charge < -0.3 is 9.47 Å². The number of esters is 1. The molecule has 0 amide bonds. The average molecular weight is 248 g/mol. The number of carbonyl (C=O) groups is 1. The van der Waals surface area contributed by atoms with Gasteiger partial charge >= 0.3 is 5.97 Å². The summed E-state index contributed by atoms with van der Waals surface area (Å²) in [6.07, 6.45) is 5.54. The van der Waals surface area contributed by atoms with Gasteiger partial charge in [-0.15, -0.1) is 0 Å². The van der Waals surface area contributed by atoms with E-state index in [0.29, 0.717) is 6.61 Å². The zero-order valence-corrected chi connectivity index (χ0v) is 10.9. The molecule has 1 aromatic carbocycles. The first kappa shape index (κ1) is 12.9. The van der Waals surface area contributed by atoms with Gasteiger partial charge in [0.25, 0.3) is 0 Å². The van der Waals surface area contributed by atoms with Gasteiger partial charge in [0.15, 0.2) is 0 Å². The first-order chi connectivity index (χ1) is 8.79. The highest BCUT2D eigenvalue weighted by atomic mass is 16.5. The average Bonchev–Trinajstić information content (AvgIpc) is 2.46. The zero-order valence-electron chi connectivity index (χ0n) is 10.9. The highest BCUT2D eigenvalue weighted by molar-refractivity contribution is 5.72. The molecule has 0 atom stereocenters. The van der Waals surface area contributed by atoms with Crippen molar-refractivity contribution < 1.29 is 14.3 Å². The standard InChI is InChI=1S/C15H20O3/c1-17-14-9-7-12(8-10-14)11-18-15(16)13-5-3-2-4-6-13/h7-10,13H,2-6,11H2,1H3. The molecule has 0 aromatic heterocycles. The van der Waals surface area contributed by atoms with E-state index in [-0.39, 0.29) is 11.9 Å². The first-order valence-electron chi connectivity index (χ1n) is 6.59. The molecule has 0 aliphatic heterocycles. The van der Waals surface area contributed by atoms with Crippen molar-refractivity contribution in [2.75, 3.05) is 7.11 Å². The predicted molar refractivity (Wildman–Crippen MR) is 69.4 cm³/mol. The van der Waals surface area contributed by atoms with Crippen molar-refractivity contribution >= 4 is 5.97 Å². The van der Waals surface area contributed by atoms with Crippen LogP contribution in [0, 0.1) is 5.92 Å². The molecule has 0 N–H and O–H groups in total. The van der Waals surface area contributed by atoms with E-state index in [1.807, 2.05) is 24.3 Å². The third-order valence-electron chi connectivity index (χ3n) is 3.48. The van der Waals surface area contributed by atoms with Gasteiger partial charge in [0.05, 0.1) is 13.0 Å². The molecule has 3 heteroatoms. The number of ether oxygens (including phenoxy) is 2. The molecular weight excluding hydrogens is 228 g/mol. The summed E-state index contributed by atoms with van der Waals surface area (Å²) in [5.74, 6) is 0.903. The van der Waals surface area contributed by atoms with Crippen molar-refractivity contribution in [3.05, 3.63) is 29.8 Å². The van der Waals surface area contributed by atoms with E-state index in [4.69, 9.17) is 9.47 Å². The van der Waals surface area contributed by atoms with Gasteiger partial charge in [0.1, 0.15) is 12.4 Å². The molecule has 0 spiro atoms. The zero-order chi connectivity index (χ0) is 12.8. The highest BCUT2D eigenvalue weighted by Crippen LogP contribution is 2.25. The monoisotopic (exact) mass is 248 g/mol. The maximum Gasteiger partial charge on any atom is 0.309 e. The van der Waals surface area contributed by atoms with E-state index in [1.165, 1.54) is 6.42 Å². The van der Waals surface area contributed by atoms with Crippen LogP contribution >= 0.6 is 0 Å². The quantitative estimate of drug-likeness (QED) is 0.767. The second kappa shape index (κ2) is 6.43. The Balaban J connectivity index is 1.80. The third-order valence-corrected chi connectivity index (χ3v) is 3.48. The number of carbonyl (C=O) groups excluding carboxylic acids is 1. The molecule has 1 aliphatic carbocycles. The van der Waals surface area contributed by atoms with Crippen LogP contribution < -0.4 is 4.74 Å². The van der Waals surface area contributed by atoms with E-state index < -0.39 is 0 Å². The van der Waals surface area contributed by atoms with Gasteiger partial charge in [-0.05, 0) is 30.5 Å². The van der Waals surface area contributed by atoms with E-state index in [1.54, 1.807) is 7.11 Å². The van der Waals surface area contributed by atoms with Crippen molar-refractivity contribution in [3.63, 3.8) is 0 Å². The minimum absolute atomic E-state index is 0.0366. The van der Waals surface area contributed by atoms with Crippen LogP contribution in [-0.2, 0) is 16.1 Å². The van der Waals surface area contributed by atoms with Gasteiger partial charge in [-0.2, -0.15) is 0 Å². The molecule has 0 radical (unpaired) electrons. The molecule has 2 rings (SSSR count). The number of benzene rings is 1. The maximum absolute atomic E-state index is 11.8. The topological polar surface area (TPSA) is 35.5 Å². The molecule has 98 valence electrons. The molecule has 0 heterocycles. The van der Waals surface area contributed by atoms with Crippen molar-refractivity contribution in [2.24, 2.45) is 5.92 Å². The lowest BCUT2D eigenvalue weighted by Crippen LogP contribution is -2.20. The summed E-state index contributed by atoms with van der Waals surface area (Å²) < 4.78 is 10.4. The van der Waals surface area contributed by atoms with Crippen molar-refractivity contribution in [3.8, 4) is 5.75 Å². The Hall–Kier alpha value is -1.51. The Labute approximate surface area is 108 Å². The fraction of sp³-hybridized carbons (Fsp3) is 0.533. The molecule has 18 heavy (non-hydrogen) atoms. The van der Waals surface area contributed by atoms with E-state index in [2.05, 4.69) is 0 Å². The molecule has 0 unspecified atom stereocenters. The van der Waals surface area contributed by atoms with Crippen molar-refractivity contribution in [1.29, 1.82) is 0 Å². The normalized spacial score (nSPS) is 16.3. The number of methoxy groups -OCH3 is 1. The number of hydrogen-bond donors (Lipinski definition) is 0. The lowest BCUT2D eigenvalue weighted by atomic mass is 9.89. The summed E-state index contributed by atoms with van der Waals surface area (Å²) in [5.41, 5.74) is 1.000. The van der Waals surface area contributed by atoms with E-state index in [0.717, 1.165) is 37.0 Å². The number of hydrogen-bond acceptors (Lipinski definition) is 3. The van der Waals surface area contributed by atoms with Crippen molar-refractivity contribution in [1.82, 2.24) is 0 Å². The van der Waals surface area contributed by atoms with Gasteiger partial charge in [0.2, 0.25) is 0 Å². The summed E-state index contributed by atoms with van der Waals surface area (Å²) in [5, 5.41) is 0. The second-order valence-electron chi connectivity index (χ2n) is 4.79. The van der Waals surface area contributed by atoms with Crippen LogP contribution in [0.5, 0.6) is 5.75 Å². The SMILES string of the molecule is COc1ccc(COC(=O)C2CCCCC2)cc1. The van der Waals surface area contributed by atoms with Crippen LogP contribution in [0.2, 0.25) is 0 Å². The lowest BCUT2D eigenvalue weighted by Gasteiger charge is -2.19. The Bertz CT molecular complexity index is 377. The first-order valence-corrected chi connectivity index (χ1v) is 6.59.